The molecule has 1 unspecified atom stereocenters. The fraction of sp³-hybridized carbons (Fsp3) is 0.733. The van der Waals surface area contributed by atoms with Crippen molar-refractivity contribution in [2.45, 2.75) is 53.9 Å². The Hall–Kier alpha value is -0.520. The zero-order valence-corrected chi connectivity index (χ0v) is 11.1. The van der Waals surface area contributed by atoms with Crippen molar-refractivity contribution in [3.63, 3.8) is 0 Å². The van der Waals surface area contributed by atoms with Crippen LogP contribution in [0.5, 0.6) is 0 Å². The van der Waals surface area contributed by atoms with Crippen LogP contribution in [0.25, 0.3) is 0 Å². The van der Waals surface area contributed by atoms with Crippen molar-refractivity contribution in [1.82, 2.24) is 0 Å². The van der Waals surface area contributed by atoms with Crippen LogP contribution in [-0.4, -0.2) is 0 Å². The second-order valence-electron chi connectivity index (χ2n) is 6.46. The molecule has 0 nitrogen and oxygen atoms in total. The van der Waals surface area contributed by atoms with Gasteiger partial charge in [-0.2, -0.15) is 0 Å². The summed E-state index contributed by atoms with van der Waals surface area (Å²) >= 11 is 0. The minimum absolute atomic E-state index is 0.374. The molecule has 0 spiro atoms. The Kier molecular flexibility index (Phi) is 3.48. The molecule has 0 heterocycles. The Bertz CT molecular complexity index is 266. The van der Waals surface area contributed by atoms with E-state index in [1.807, 2.05) is 0 Å². The lowest BCUT2D eigenvalue weighted by Gasteiger charge is -2.22. The molecule has 0 radical (unpaired) electrons. The van der Waals surface area contributed by atoms with Gasteiger partial charge in [0, 0.05) is 0 Å². The Morgan fingerprint density at radius 1 is 1.47 bits per heavy atom. The van der Waals surface area contributed by atoms with Crippen molar-refractivity contribution in [1.29, 1.82) is 0 Å². The van der Waals surface area contributed by atoms with Gasteiger partial charge in [-0.3, -0.25) is 0 Å². The summed E-state index contributed by atoms with van der Waals surface area (Å²) in [4.78, 5) is 0. The van der Waals surface area contributed by atoms with Crippen LogP contribution < -0.4 is 0 Å². The van der Waals surface area contributed by atoms with Crippen LogP contribution in [-0.2, 0) is 0 Å². The number of hydrogen-bond acceptors (Lipinski definition) is 0. The van der Waals surface area contributed by atoms with E-state index in [0.717, 1.165) is 18.8 Å². The molecule has 0 aromatic rings. The monoisotopic (exact) mass is 206 g/mol. The SMILES string of the molecule is C=C(C)CC/C=C/C(C)(C)C1CC1(C)C. The Morgan fingerprint density at radius 3 is 2.40 bits per heavy atom. The molecule has 1 aliphatic carbocycles. The van der Waals surface area contributed by atoms with Crippen LogP contribution in [0.3, 0.4) is 0 Å². The molecule has 0 saturated heterocycles. The maximum absolute atomic E-state index is 3.93. The van der Waals surface area contributed by atoms with E-state index >= 15 is 0 Å². The number of allylic oxidation sites excluding steroid dienone is 3. The van der Waals surface area contributed by atoms with E-state index in [9.17, 15) is 0 Å². The number of hydrogen-bond donors (Lipinski definition) is 0. The van der Waals surface area contributed by atoms with Crippen molar-refractivity contribution in [3.05, 3.63) is 24.3 Å². The van der Waals surface area contributed by atoms with Gasteiger partial charge in [0.25, 0.3) is 0 Å². The summed E-state index contributed by atoms with van der Waals surface area (Å²) in [6, 6.07) is 0. The first kappa shape index (κ1) is 12.5. The predicted molar refractivity (Wildman–Crippen MR) is 68.9 cm³/mol. The van der Waals surface area contributed by atoms with Gasteiger partial charge in [-0.25, -0.2) is 0 Å². The molecular formula is C15H26. The predicted octanol–water partition coefficient (Wildman–Crippen LogP) is 4.97. The summed E-state index contributed by atoms with van der Waals surface area (Å²) in [5.74, 6) is 0.867. The van der Waals surface area contributed by atoms with Crippen LogP contribution in [0.15, 0.2) is 24.3 Å². The van der Waals surface area contributed by atoms with E-state index in [-0.39, 0.29) is 0 Å². The van der Waals surface area contributed by atoms with Crippen LogP contribution >= 0.6 is 0 Å². The van der Waals surface area contributed by atoms with E-state index in [2.05, 4.69) is 53.3 Å². The van der Waals surface area contributed by atoms with Crippen LogP contribution in [0.4, 0.5) is 0 Å². The molecule has 0 aliphatic heterocycles. The lowest BCUT2D eigenvalue weighted by molar-refractivity contribution is 0.346. The molecule has 1 rings (SSSR count). The molecule has 0 aromatic heterocycles. The highest BCUT2D eigenvalue weighted by Crippen LogP contribution is 2.60. The minimum Gasteiger partial charge on any atom is -0.100 e. The summed E-state index contributed by atoms with van der Waals surface area (Å²) < 4.78 is 0. The second-order valence-corrected chi connectivity index (χ2v) is 6.46. The topological polar surface area (TPSA) is 0 Å². The summed E-state index contributed by atoms with van der Waals surface area (Å²) in [5, 5.41) is 0. The van der Waals surface area contributed by atoms with E-state index in [1.54, 1.807) is 0 Å². The Balaban J connectivity index is 2.40. The van der Waals surface area contributed by atoms with Crippen LogP contribution in [0.2, 0.25) is 0 Å². The Morgan fingerprint density at radius 2 is 2.00 bits per heavy atom. The molecule has 86 valence electrons. The molecule has 0 aromatic carbocycles. The minimum atomic E-state index is 0.374. The zero-order chi connectivity index (χ0) is 11.7. The normalized spacial score (nSPS) is 24.5. The lowest BCUT2D eigenvalue weighted by Crippen LogP contribution is -2.14. The van der Waals surface area contributed by atoms with E-state index in [0.29, 0.717) is 10.8 Å². The Labute approximate surface area is 95.5 Å². The van der Waals surface area contributed by atoms with Crippen molar-refractivity contribution in [2.75, 3.05) is 0 Å². The zero-order valence-electron chi connectivity index (χ0n) is 11.1. The van der Waals surface area contributed by atoms with Crippen molar-refractivity contribution in [3.8, 4) is 0 Å². The van der Waals surface area contributed by atoms with E-state index in [1.165, 1.54) is 12.0 Å². The summed E-state index contributed by atoms with van der Waals surface area (Å²) in [7, 11) is 0. The van der Waals surface area contributed by atoms with Crippen LogP contribution in [0.1, 0.15) is 53.9 Å². The lowest BCUT2D eigenvalue weighted by atomic mass is 9.83. The maximum Gasteiger partial charge on any atom is -0.0141 e. The fourth-order valence-corrected chi connectivity index (χ4v) is 2.57. The van der Waals surface area contributed by atoms with Gasteiger partial charge in [0.05, 0.1) is 0 Å². The van der Waals surface area contributed by atoms with Gasteiger partial charge in [0.1, 0.15) is 0 Å². The highest BCUT2D eigenvalue weighted by molar-refractivity contribution is 5.10. The van der Waals surface area contributed by atoms with Gasteiger partial charge in [-0.05, 0) is 42.9 Å². The highest BCUT2D eigenvalue weighted by Gasteiger charge is 2.52. The summed E-state index contributed by atoms with van der Waals surface area (Å²) in [5.41, 5.74) is 2.23. The fourth-order valence-electron chi connectivity index (χ4n) is 2.57. The van der Waals surface area contributed by atoms with Gasteiger partial charge < -0.3 is 0 Å². The third kappa shape index (κ3) is 3.52. The van der Waals surface area contributed by atoms with Crippen LogP contribution in [0, 0.1) is 16.7 Å². The smallest absolute Gasteiger partial charge is 0.0141 e. The van der Waals surface area contributed by atoms with Gasteiger partial charge >= 0.3 is 0 Å². The number of rotatable bonds is 5. The largest absolute Gasteiger partial charge is 0.100 e. The first-order chi connectivity index (χ1) is 6.76. The molecule has 0 N–H and O–H groups in total. The molecule has 15 heavy (non-hydrogen) atoms. The molecule has 1 atom stereocenters. The van der Waals surface area contributed by atoms with Crippen molar-refractivity contribution < 1.29 is 0 Å². The summed E-state index contributed by atoms with van der Waals surface area (Å²) in [6.07, 6.45) is 8.40. The maximum atomic E-state index is 3.93. The first-order valence-corrected chi connectivity index (χ1v) is 6.08. The van der Waals surface area contributed by atoms with E-state index < -0.39 is 0 Å². The van der Waals surface area contributed by atoms with Gasteiger partial charge in [-0.15, -0.1) is 6.58 Å². The second kappa shape index (κ2) is 4.15. The van der Waals surface area contributed by atoms with Gasteiger partial charge in [0.15, 0.2) is 0 Å². The quantitative estimate of drug-likeness (QED) is 0.557. The van der Waals surface area contributed by atoms with Crippen molar-refractivity contribution in [2.24, 2.45) is 16.7 Å². The molecule has 1 saturated carbocycles. The third-order valence-corrected chi connectivity index (χ3v) is 3.70. The molecule has 0 heteroatoms. The standard InChI is InChI=1S/C15H26/c1-12(2)9-7-8-10-14(3,4)13-11-15(13,5)6/h8,10,13H,1,7,9,11H2,2-6H3/b10-8+. The van der Waals surface area contributed by atoms with Crippen molar-refractivity contribution >= 4 is 0 Å². The first-order valence-electron chi connectivity index (χ1n) is 6.08. The third-order valence-electron chi connectivity index (χ3n) is 3.70. The van der Waals surface area contributed by atoms with Gasteiger partial charge in [0.2, 0.25) is 0 Å². The van der Waals surface area contributed by atoms with Gasteiger partial charge in [-0.1, -0.05) is 45.4 Å². The molecular weight excluding hydrogens is 180 g/mol. The summed E-state index contributed by atoms with van der Waals surface area (Å²) in [6.45, 7) is 15.5. The average Bonchev–Trinajstić information content (AvgIpc) is 2.70. The molecule has 1 fully saturated rings. The highest BCUT2D eigenvalue weighted by atomic mass is 14.6. The molecule has 1 aliphatic rings. The average molecular weight is 206 g/mol. The van der Waals surface area contributed by atoms with E-state index in [4.69, 9.17) is 0 Å². The molecule has 0 amide bonds. The molecule has 0 bridgehead atoms.